The summed E-state index contributed by atoms with van der Waals surface area (Å²) in [4.78, 5) is 23.0. The molecule has 0 saturated heterocycles. The summed E-state index contributed by atoms with van der Waals surface area (Å²) >= 11 is 0. The Morgan fingerprint density at radius 3 is 2.25 bits per heavy atom. The first kappa shape index (κ1) is 15.8. The molecule has 0 radical (unpaired) electrons. The Morgan fingerprint density at radius 1 is 1.20 bits per heavy atom. The van der Waals surface area contributed by atoms with Crippen molar-refractivity contribution in [1.29, 1.82) is 0 Å². The molecule has 1 rings (SSSR count). The van der Waals surface area contributed by atoms with Crippen LogP contribution in [0, 0.1) is 5.41 Å². The van der Waals surface area contributed by atoms with Crippen molar-refractivity contribution in [3.63, 3.8) is 0 Å². The molecule has 4 N–H and O–H groups in total. The van der Waals surface area contributed by atoms with Crippen molar-refractivity contribution in [2.24, 2.45) is 5.41 Å². The number of hydrogen-bond donors (Lipinski definition) is 4. The minimum Gasteiger partial charge on any atom is -0.504 e. The molecule has 0 aliphatic rings. The van der Waals surface area contributed by atoms with Gasteiger partial charge < -0.3 is 20.6 Å². The summed E-state index contributed by atoms with van der Waals surface area (Å²) in [6.07, 6.45) is 0.0188. The fraction of sp³-hybridized carbons (Fsp3) is 0.429. The molecular weight excluding hydrogens is 262 g/mol. The van der Waals surface area contributed by atoms with E-state index in [9.17, 15) is 19.8 Å². The molecule has 0 bridgehead atoms. The lowest BCUT2D eigenvalue weighted by Gasteiger charge is -2.22. The highest BCUT2D eigenvalue weighted by atomic mass is 16.4. The molecule has 6 heteroatoms. The highest BCUT2D eigenvalue weighted by Gasteiger charge is 2.27. The van der Waals surface area contributed by atoms with Crippen LogP contribution in [0.15, 0.2) is 18.2 Å². The normalized spacial score (nSPS) is 12.8. The fourth-order valence-corrected chi connectivity index (χ4v) is 1.51. The third-order valence-electron chi connectivity index (χ3n) is 2.76. The highest BCUT2D eigenvalue weighted by molar-refractivity contribution is 5.86. The molecule has 0 aliphatic carbocycles. The number of carboxylic acids is 1. The quantitative estimate of drug-likeness (QED) is 0.621. The van der Waals surface area contributed by atoms with E-state index in [1.54, 1.807) is 20.8 Å². The summed E-state index contributed by atoms with van der Waals surface area (Å²) in [5.74, 6) is -2.13. The van der Waals surface area contributed by atoms with E-state index < -0.39 is 17.4 Å². The molecule has 110 valence electrons. The van der Waals surface area contributed by atoms with Gasteiger partial charge in [-0.1, -0.05) is 26.8 Å². The maximum Gasteiger partial charge on any atom is 0.326 e. The Hall–Kier alpha value is -2.24. The van der Waals surface area contributed by atoms with Gasteiger partial charge in [0.1, 0.15) is 6.04 Å². The Labute approximate surface area is 117 Å². The van der Waals surface area contributed by atoms with Crippen LogP contribution in [-0.2, 0) is 16.0 Å². The van der Waals surface area contributed by atoms with E-state index in [1.807, 2.05) is 0 Å². The number of benzene rings is 1. The molecule has 0 saturated carbocycles. The van der Waals surface area contributed by atoms with Crippen LogP contribution in [0.5, 0.6) is 11.5 Å². The minimum atomic E-state index is -1.16. The van der Waals surface area contributed by atoms with Gasteiger partial charge in [-0.25, -0.2) is 4.79 Å². The first-order valence-electron chi connectivity index (χ1n) is 6.16. The molecular formula is C14H19NO5. The largest absolute Gasteiger partial charge is 0.504 e. The highest BCUT2D eigenvalue weighted by Crippen LogP contribution is 2.25. The van der Waals surface area contributed by atoms with Crippen molar-refractivity contribution < 1.29 is 24.9 Å². The Balaban J connectivity index is 2.85. The van der Waals surface area contributed by atoms with Crippen LogP contribution < -0.4 is 5.32 Å². The summed E-state index contributed by atoms with van der Waals surface area (Å²) in [6, 6.07) is 2.95. The van der Waals surface area contributed by atoms with E-state index in [4.69, 9.17) is 5.11 Å². The molecule has 0 aromatic heterocycles. The Bertz CT molecular complexity index is 519. The SMILES string of the molecule is CC(C)(C)C(=O)NC(Cc1ccc(O)c(O)c1)C(=O)O. The van der Waals surface area contributed by atoms with Crippen LogP contribution in [0.1, 0.15) is 26.3 Å². The van der Waals surface area contributed by atoms with Gasteiger partial charge in [-0.05, 0) is 17.7 Å². The minimum absolute atomic E-state index is 0.0188. The topological polar surface area (TPSA) is 107 Å². The summed E-state index contributed by atoms with van der Waals surface area (Å²) in [5, 5.41) is 30.2. The number of nitrogens with one attached hydrogen (secondary N) is 1. The lowest BCUT2D eigenvalue weighted by molar-refractivity contribution is -0.143. The maximum absolute atomic E-state index is 11.8. The average Bonchev–Trinajstić information content (AvgIpc) is 2.31. The van der Waals surface area contributed by atoms with E-state index in [0.29, 0.717) is 5.56 Å². The van der Waals surface area contributed by atoms with Gasteiger partial charge in [0, 0.05) is 11.8 Å². The third-order valence-corrected chi connectivity index (χ3v) is 2.76. The van der Waals surface area contributed by atoms with Crippen LogP contribution in [0.3, 0.4) is 0 Å². The molecule has 0 spiro atoms. The van der Waals surface area contributed by atoms with Gasteiger partial charge in [-0.3, -0.25) is 4.79 Å². The van der Waals surface area contributed by atoms with Crippen molar-refractivity contribution in [3.05, 3.63) is 23.8 Å². The maximum atomic E-state index is 11.8. The molecule has 1 unspecified atom stereocenters. The Kier molecular flexibility index (Phi) is 4.60. The lowest BCUT2D eigenvalue weighted by atomic mass is 9.94. The van der Waals surface area contributed by atoms with Gasteiger partial charge in [0.15, 0.2) is 11.5 Å². The van der Waals surface area contributed by atoms with Crippen molar-refractivity contribution in [1.82, 2.24) is 5.32 Å². The average molecular weight is 281 g/mol. The van der Waals surface area contributed by atoms with Crippen molar-refractivity contribution >= 4 is 11.9 Å². The van der Waals surface area contributed by atoms with Gasteiger partial charge in [0.05, 0.1) is 0 Å². The van der Waals surface area contributed by atoms with E-state index >= 15 is 0 Å². The molecule has 0 aliphatic heterocycles. The van der Waals surface area contributed by atoms with Crippen molar-refractivity contribution in [3.8, 4) is 11.5 Å². The molecule has 1 amide bonds. The van der Waals surface area contributed by atoms with Crippen LogP contribution in [0.25, 0.3) is 0 Å². The van der Waals surface area contributed by atoms with E-state index in [0.717, 1.165) is 0 Å². The van der Waals surface area contributed by atoms with Gasteiger partial charge in [-0.2, -0.15) is 0 Å². The number of carbonyl (C=O) groups excluding carboxylic acids is 1. The van der Waals surface area contributed by atoms with Crippen molar-refractivity contribution in [2.75, 3.05) is 0 Å². The van der Waals surface area contributed by atoms with Crippen LogP contribution in [0.2, 0.25) is 0 Å². The van der Waals surface area contributed by atoms with Crippen LogP contribution in [0.4, 0.5) is 0 Å². The fourth-order valence-electron chi connectivity index (χ4n) is 1.51. The monoisotopic (exact) mass is 281 g/mol. The number of phenols is 2. The Morgan fingerprint density at radius 2 is 1.80 bits per heavy atom. The predicted octanol–water partition coefficient (Wildman–Crippen LogP) is 1.26. The number of carbonyl (C=O) groups is 2. The number of aromatic hydroxyl groups is 2. The summed E-state index contributed by atoms with van der Waals surface area (Å²) in [7, 11) is 0. The zero-order valence-electron chi connectivity index (χ0n) is 11.7. The van der Waals surface area contributed by atoms with Crippen LogP contribution >= 0.6 is 0 Å². The van der Waals surface area contributed by atoms with Crippen molar-refractivity contribution in [2.45, 2.75) is 33.2 Å². The number of carboxylic acid groups (broad SMARTS) is 1. The number of amides is 1. The molecule has 20 heavy (non-hydrogen) atoms. The first-order valence-corrected chi connectivity index (χ1v) is 6.16. The second-order valence-corrected chi connectivity index (χ2v) is 5.64. The number of phenolic OH excluding ortho intramolecular Hbond substituents is 2. The van der Waals surface area contributed by atoms with Crippen LogP contribution in [-0.4, -0.2) is 33.2 Å². The third kappa shape index (κ3) is 4.15. The zero-order chi connectivity index (χ0) is 15.5. The molecule has 1 aromatic rings. The number of rotatable bonds is 4. The van der Waals surface area contributed by atoms with Gasteiger partial charge >= 0.3 is 5.97 Å². The molecule has 1 atom stereocenters. The lowest BCUT2D eigenvalue weighted by Crippen LogP contribution is -2.46. The van der Waals surface area contributed by atoms with E-state index in [-0.39, 0.29) is 23.8 Å². The van der Waals surface area contributed by atoms with E-state index in [2.05, 4.69) is 5.32 Å². The first-order chi connectivity index (χ1) is 9.11. The zero-order valence-corrected chi connectivity index (χ0v) is 11.7. The molecule has 0 heterocycles. The summed E-state index contributed by atoms with van der Waals surface area (Å²) in [5.41, 5.74) is -0.188. The van der Waals surface area contributed by atoms with Gasteiger partial charge in [-0.15, -0.1) is 0 Å². The summed E-state index contributed by atoms with van der Waals surface area (Å²) in [6.45, 7) is 5.06. The van der Waals surface area contributed by atoms with E-state index in [1.165, 1.54) is 18.2 Å². The molecule has 0 fully saturated rings. The molecule has 6 nitrogen and oxygen atoms in total. The summed E-state index contributed by atoms with van der Waals surface area (Å²) < 4.78 is 0. The number of aliphatic carboxylic acids is 1. The second kappa shape index (κ2) is 5.81. The van der Waals surface area contributed by atoms with Gasteiger partial charge in [0.2, 0.25) is 5.91 Å². The molecule has 1 aromatic carbocycles. The second-order valence-electron chi connectivity index (χ2n) is 5.64. The smallest absolute Gasteiger partial charge is 0.326 e. The van der Waals surface area contributed by atoms with Gasteiger partial charge in [0.25, 0.3) is 0 Å². The number of hydrogen-bond acceptors (Lipinski definition) is 4. The standard InChI is InChI=1S/C14H19NO5/c1-14(2,3)13(20)15-9(12(18)19)6-8-4-5-10(16)11(17)7-8/h4-5,7,9,16-17H,6H2,1-3H3,(H,15,20)(H,18,19). The predicted molar refractivity (Wildman–Crippen MR) is 72.5 cm³/mol.